The average molecular weight is 503 g/mol. The summed E-state index contributed by atoms with van der Waals surface area (Å²) in [5.41, 5.74) is 0. The zero-order valence-electron chi connectivity index (χ0n) is 23.8. The lowest BCUT2D eigenvalue weighted by atomic mass is 10.0. The van der Waals surface area contributed by atoms with Gasteiger partial charge in [0, 0.05) is 0 Å². The van der Waals surface area contributed by atoms with Crippen LogP contribution in [0, 0.1) is 0 Å². The molecule has 0 aliphatic rings. The summed E-state index contributed by atoms with van der Waals surface area (Å²) in [6, 6.07) is 0. The first-order valence-electron chi connectivity index (χ1n) is 15.6. The van der Waals surface area contributed by atoms with Crippen LogP contribution in [0.3, 0.4) is 0 Å². The molecule has 0 fully saturated rings. The molecule has 0 heterocycles. The van der Waals surface area contributed by atoms with Gasteiger partial charge in [0.2, 0.25) is 0 Å². The fourth-order valence-corrected chi connectivity index (χ4v) is 6.24. The minimum atomic E-state index is -2.90. The second kappa shape index (κ2) is 27.7. The molecule has 0 amide bonds. The molecule has 0 atom stereocenters. The molecule has 3 nitrogen and oxygen atoms in total. The highest BCUT2D eigenvalue weighted by Gasteiger charge is 2.23. The molecule has 0 radical (unpaired) electrons. The summed E-state index contributed by atoms with van der Waals surface area (Å²) in [7, 11) is -2.90. The maximum absolute atomic E-state index is 13.2. The molecule has 0 spiro atoms. The van der Waals surface area contributed by atoms with E-state index in [0.717, 1.165) is 38.5 Å². The van der Waals surface area contributed by atoms with Crippen molar-refractivity contribution >= 4 is 7.60 Å². The van der Waals surface area contributed by atoms with Gasteiger partial charge in [-0.1, -0.05) is 156 Å². The fourth-order valence-electron chi connectivity index (χ4n) is 4.48. The van der Waals surface area contributed by atoms with Crippen molar-refractivity contribution in [2.75, 3.05) is 19.4 Å². The predicted octanol–water partition coefficient (Wildman–Crippen LogP) is 11.6. The van der Waals surface area contributed by atoms with Crippen LogP contribution in [-0.2, 0) is 13.6 Å². The van der Waals surface area contributed by atoms with Crippen LogP contribution in [-0.4, -0.2) is 19.4 Å². The standard InChI is InChI=1S/C30H63O3P/c1-4-7-10-13-14-15-16-17-18-19-20-21-22-23-24-27-30-34(31,32-28-25-11-8-5-2)33-29-26-12-9-6-3/h4-30H2,1-3H3. The molecule has 0 aromatic heterocycles. The first-order chi connectivity index (χ1) is 16.7. The van der Waals surface area contributed by atoms with Crippen LogP contribution in [0.5, 0.6) is 0 Å². The molecule has 0 saturated heterocycles. The van der Waals surface area contributed by atoms with Crippen LogP contribution in [0.1, 0.15) is 175 Å². The van der Waals surface area contributed by atoms with Gasteiger partial charge in [-0.25, -0.2) is 0 Å². The van der Waals surface area contributed by atoms with Gasteiger partial charge in [0.1, 0.15) is 0 Å². The Bertz CT molecular complexity index is 409. The maximum Gasteiger partial charge on any atom is 0.330 e. The highest BCUT2D eigenvalue weighted by atomic mass is 31.2. The zero-order chi connectivity index (χ0) is 25.0. The van der Waals surface area contributed by atoms with Crippen LogP contribution in [0.15, 0.2) is 0 Å². The molecule has 0 unspecified atom stereocenters. The lowest BCUT2D eigenvalue weighted by Gasteiger charge is -2.19. The minimum Gasteiger partial charge on any atom is -0.309 e. The lowest BCUT2D eigenvalue weighted by molar-refractivity contribution is 0.197. The summed E-state index contributed by atoms with van der Waals surface area (Å²) in [6.07, 6.45) is 31.5. The summed E-state index contributed by atoms with van der Waals surface area (Å²) in [5.74, 6) is 0. The van der Waals surface area contributed by atoms with Gasteiger partial charge in [-0.15, -0.1) is 0 Å². The van der Waals surface area contributed by atoms with Crippen LogP contribution in [0.4, 0.5) is 0 Å². The van der Waals surface area contributed by atoms with Gasteiger partial charge in [-0.2, -0.15) is 0 Å². The van der Waals surface area contributed by atoms with E-state index in [1.54, 1.807) is 0 Å². The Morgan fingerprint density at radius 3 is 0.971 bits per heavy atom. The highest BCUT2D eigenvalue weighted by Crippen LogP contribution is 2.49. The van der Waals surface area contributed by atoms with E-state index in [2.05, 4.69) is 20.8 Å². The third-order valence-corrected chi connectivity index (χ3v) is 8.87. The third-order valence-electron chi connectivity index (χ3n) is 6.86. The molecule has 206 valence electrons. The summed E-state index contributed by atoms with van der Waals surface area (Å²) in [5, 5.41) is 0. The molecule has 4 heteroatoms. The summed E-state index contributed by atoms with van der Waals surface area (Å²) in [4.78, 5) is 0. The van der Waals surface area contributed by atoms with E-state index in [1.165, 1.54) is 116 Å². The van der Waals surface area contributed by atoms with Gasteiger partial charge < -0.3 is 9.05 Å². The maximum atomic E-state index is 13.2. The molecular weight excluding hydrogens is 439 g/mol. The Labute approximate surface area is 215 Å². The van der Waals surface area contributed by atoms with Crippen LogP contribution >= 0.6 is 7.60 Å². The topological polar surface area (TPSA) is 35.5 Å². The Morgan fingerprint density at radius 2 is 0.647 bits per heavy atom. The van der Waals surface area contributed by atoms with Crippen LogP contribution < -0.4 is 0 Å². The summed E-state index contributed by atoms with van der Waals surface area (Å²) >= 11 is 0. The Hall–Kier alpha value is 0.150. The first kappa shape index (κ1) is 34.1. The smallest absolute Gasteiger partial charge is 0.309 e. The zero-order valence-corrected chi connectivity index (χ0v) is 24.7. The summed E-state index contributed by atoms with van der Waals surface area (Å²) in [6.45, 7) is 7.89. The van der Waals surface area contributed by atoms with Crippen molar-refractivity contribution in [3.63, 3.8) is 0 Å². The molecule has 0 aliphatic heterocycles. The number of hydrogen-bond donors (Lipinski definition) is 0. The van der Waals surface area contributed by atoms with Crippen molar-refractivity contribution in [3.05, 3.63) is 0 Å². The number of rotatable bonds is 29. The monoisotopic (exact) mass is 502 g/mol. The molecule has 34 heavy (non-hydrogen) atoms. The first-order valence-corrected chi connectivity index (χ1v) is 17.3. The molecule has 0 rings (SSSR count). The summed E-state index contributed by atoms with van der Waals surface area (Å²) < 4.78 is 24.9. The van der Waals surface area contributed by atoms with E-state index in [9.17, 15) is 4.57 Å². The van der Waals surface area contributed by atoms with Crippen molar-refractivity contribution in [1.82, 2.24) is 0 Å². The normalized spacial score (nSPS) is 12.0. The molecule has 0 aromatic carbocycles. The molecule has 0 N–H and O–H groups in total. The molecule has 0 aliphatic carbocycles. The SMILES string of the molecule is CCCCCCCCCCCCCCCCCCP(=O)(OCCCCCC)OCCCCCC. The second-order valence-corrected chi connectivity index (χ2v) is 12.6. The average Bonchev–Trinajstić information content (AvgIpc) is 2.83. The minimum absolute atomic E-state index is 0.588. The molecular formula is C30H63O3P. The Kier molecular flexibility index (Phi) is 27.9. The van der Waals surface area contributed by atoms with E-state index >= 15 is 0 Å². The van der Waals surface area contributed by atoms with Crippen molar-refractivity contribution in [2.24, 2.45) is 0 Å². The van der Waals surface area contributed by atoms with Crippen LogP contribution in [0.2, 0.25) is 0 Å². The third kappa shape index (κ3) is 25.2. The van der Waals surface area contributed by atoms with E-state index in [0.29, 0.717) is 19.4 Å². The van der Waals surface area contributed by atoms with Crippen molar-refractivity contribution in [3.8, 4) is 0 Å². The van der Waals surface area contributed by atoms with E-state index in [-0.39, 0.29) is 0 Å². The van der Waals surface area contributed by atoms with Gasteiger partial charge in [0.25, 0.3) is 0 Å². The number of unbranched alkanes of at least 4 members (excludes halogenated alkanes) is 21. The van der Waals surface area contributed by atoms with E-state index < -0.39 is 7.60 Å². The Morgan fingerprint density at radius 1 is 0.382 bits per heavy atom. The second-order valence-electron chi connectivity index (χ2n) is 10.4. The number of hydrogen-bond acceptors (Lipinski definition) is 3. The quantitative estimate of drug-likeness (QED) is 0.0753. The van der Waals surface area contributed by atoms with Gasteiger partial charge >= 0.3 is 7.60 Å². The Balaban J connectivity index is 3.72. The molecule has 0 aromatic rings. The van der Waals surface area contributed by atoms with Crippen molar-refractivity contribution < 1.29 is 13.6 Å². The van der Waals surface area contributed by atoms with Crippen molar-refractivity contribution in [2.45, 2.75) is 175 Å². The van der Waals surface area contributed by atoms with Gasteiger partial charge in [0.05, 0.1) is 19.4 Å². The van der Waals surface area contributed by atoms with Gasteiger partial charge in [0.15, 0.2) is 0 Å². The highest BCUT2D eigenvalue weighted by molar-refractivity contribution is 7.53. The van der Waals surface area contributed by atoms with Crippen LogP contribution in [0.25, 0.3) is 0 Å². The lowest BCUT2D eigenvalue weighted by Crippen LogP contribution is -2.03. The van der Waals surface area contributed by atoms with Gasteiger partial charge in [-0.3, -0.25) is 4.57 Å². The molecule has 0 saturated carbocycles. The molecule has 0 bridgehead atoms. The predicted molar refractivity (Wildman–Crippen MR) is 152 cm³/mol. The largest absolute Gasteiger partial charge is 0.330 e. The van der Waals surface area contributed by atoms with Crippen molar-refractivity contribution in [1.29, 1.82) is 0 Å². The van der Waals surface area contributed by atoms with E-state index in [1.807, 2.05) is 0 Å². The fraction of sp³-hybridized carbons (Fsp3) is 1.00. The van der Waals surface area contributed by atoms with E-state index in [4.69, 9.17) is 9.05 Å². The van der Waals surface area contributed by atoms with Gasteiger partial charge in [-0.05, 0) is 19.3 Å².